The molecule has 2 aliphatic rings. The molecule has 1 fully saturated rings. The number of carbonyl (C=O) groups excluding carboxylic acids is 1. The molecule has 0 radical (unpaired) electrons. The Labute approximate surface area is 208 Å². The number of nitrogens with zero attached hydrogens (tertiary/aromatic N) is 2. The van der Waals surface area contributed by atoms with E-state index in [1.54, 1.807) is 0 Å². The fourth-order valence-electron chi connectivity index (χ4n) is 5.80. The van der Waals surface area contributed by atoms with Crippen LogP contribution < -0.4 is 15.0 Å². The molecule has 0 aliphatic carbocycles. The number of anilines is 2. The largest absolute Gasteiger partial charge is 0.417 e. The van der Waals surface area contributed by atoms with E-state index >= 15 is 0 Å². The Bertz CT molecular complexity index is 1190. The van der Waals surface area contributed by atoms with Crippen LogP contribution in [0.25, 0.3) is 0 Å². The van der Waals surface area contributed by atoms with Crippen LogP contribution in [0, 0.1) is 0 Å². The van der Waals surface area contributed by atoms with E-state index in [9.17, 15) is 4.79 Å². The van der Waals surface area contributed by atoms with Crippen LogP contribution in [-0.2, 0) is 11.8 Å². The molecule has 1 N–H and O–H groups in total. The maximum atomic E-state index is 12.6. The Kier molecular flexibility index (Phi) is 6.28. The molecule has 3 aromatic carbocycles. The number of carbonyl (C=O) groups is 1. The van der Waals surface area contributed by atoms with E-state index in [1.165, 1.54) is 22.4 Å². The van der Waals surface area contributed by atoms with E-state index in [0.29, 0.717) is 17.8 Å². The Balaban J connectivity index is 1.27. The van der Waals surface area contributed by atoms with Crippen LogP contribution in [0.1, 0.15) is 49.8 Å². The van der Waals surface area contributed by atoms with E-state index in [1.807, 2.05) is 30.3 Å². The van der Waals surface area contributed by atoms with Crippen molar-refractivity contribution in [2.45, 2.75) is 51.1 Å². The number of fused-ring (bicyclic) bond motifs is 3. The molecule has 1 saturated heterocycles. The Hall–Kier alpha value is -3.31. The molecule has 2 unspecified atom stereocenters. The van der Waals surface area contributed by atoms with Gasteiger partial charge in [-0.05, 0) is 65.8 Å². The summed E-state index contributed by atoms with van der Waals surface area (Å²) in [6.07, 6.45) is 1.97. The minimum Gasteiger partial charge on any atom is -0.410 e. The van der Waals surface area contributed by atoms with Gasteiger partial charge < -0.3 is 9.64 Å². The highest BCUT2D eigenvalue weighted by molar-refractivity contribution is 5.86. The maximum absolute atomic E-state index is 12.6. The first-order chi connectivity index (χ1) is 16.8. The van der Waals surface area contributed by atoms with Crippen molar-refractivity contribution in [3.05, 3.63) is 89.5 Å². The summed E-state index contributed by atoms with van der Waals surface area (Å²) in [5.74, 6) is 1.04. The lowest BCUT2D eigenvalue weighted by Crippen LogP contribution is -2.47. The average Bonchev–Trinajstić information content (AvgIpc) is 3.30. The van der Waals surface area contributed by atoms with Crippen LogP contribution in [0.3, 0.4) is 0 Å². The fraction of sp³-hybridized carbons (Fsp3) is 0.367. The van der Waals surface area contributed by atoms with Crippen LogP contribution in [0.2, 0.25) is 0 Å². The van der Waals surface area contributed by atoms with E-state index in [0.717, 1.165) is 31.6 Å². The third-order valence-corrected chi connectivity index (χ3v) is 7.73. The zero-order valence-electron chi connectivity index (χ0n) is 21.1. The first kappa shape index (κ1) is 23.4. The molecular weight excluding hydrogens is 434 g/mol. The number of likely N-dealkylation sites (tertiary alicyclic amines) is 1. The highest BCUT2D eigenvalue weighted by Gasteiger charge is 2.53. The SMILES string of the molecule is CC(C)c1ccc(NC(=O)Oc2ccc3c(c2)C2(C)CCN(CCc4ccccc4)C2N3C)cc1. The lowest BCUT2D eigenvalue weighted by Gasteiger charge is -2.34. The van der Waals surface area contributed by atoms with Gasteiger partial charge in [-0.25, -0.2) is 4.79 Å². The standard InChI is InChI=1S/C30H35N3O2/c1-21(2)23-10-12-24(13-11-23)31-29(34)35-25-14-15-27-26(20-25)30(3)17-19-33(28(30)32(27)4)18-16-22-8-6-5-7-9-22/h5-15,20-21,28H,16-19H2,1-4H3,(H,31,34). The molecule has 0 spiro atoms. The first-order valence-electron chi connectivity index (χ1n) is 12.6. The minimum absolute atomic E-state index is 0.00327. The summed E-state index contributed by atoms with van der Waals surface area (Å²) >= 11 is 0. The van der Waals surface area contributed by atoms with Gasteiger partial charge in [0.05, 0.1) is 6.17 Å². The quantitative estimate of drug-likeness (QED) is 0.454. The van der Waals surface area contributed by atoms with Gasteiger partial charge in [-0.3, -0.25) is 10.2 Å². The lowest BCUT2D eigenvalue weighted by atomic mass is 9.81. The van der Waals surface area contributed by atoms with Gasteiger partial charge in [0.25, 0.3) is 0 Å². The fourth-order valence-corrected chi connectivity index (χ4v) is 5.80. The number of hydrogen-bond donors (Lipinski definition) is 1. The number of likely N-dealkylation sites (N-methyl/N-ethyl adjacent to an activating group) is 1. The average molecular weight is 470 g/mol. The maximum Gasteiger partial charge on any atom is 0.417 e. The third-order valence-electron chi connectivity index (χ3n) is 7.73. The molecule has 35 heavy (non-hydrogen) atoms. The van der Waals surface area contributed by atoms with Crippen molar-refractivity contribution >= 4 is 17.5 Å². The number of amides is 1. The molecule has 0 saturated carbocycles. The van der Waals surface area contributed by atoms with Crippen molar-refractivity contribution in [3.8, 4) is 5.75 Å². The highest BCUT2D eigenvalue weighted by atomic mass is 16.6. The van der Waals surface area contributed by atoms with Gasteiger partial charge in [-0.15, -0.1) is 0 Å². The van der Waals surface area contributed by atoms with E-state index in [2.05, 4.69) is 85.4 Å². The Morgan fingerprint density at radius 3 is 2.54 bits per heavy atom. The zero-order valence-corrected chi connectivity index (χ0v) is 21.1. The normalized spacial score (nSPS) is 21.2. The highest BCUT2D eigenvalue weighted by Crippen LogP contribution is 2.52. The van der Waals surface area contributed by atoms with Crippen molar-refractivity contribution in [1.29, 1.82) is 0 Å². The molecule has 2 heterocycles. The Morgan fingerprint density at radius 1 is 1.09 bits per heavy atom. The van der Waals surface area contributed by atoms with E-state index in [4.69, 9.17) is 4.74 Å². The predicted octanol–water partition coefficient (Wildman–Crippen LogP) is 6.40. The van der Waals surface area contributed by atoms with Gasteiger partial charge in [-0.1, -0.05) is 63.2 Å². The molecule has 0 aromatic heterocycles. The molecule has 5 rings (SSSR count). The number of hydrogen-bond acceptors (Lipinski definition) is 4. The van der Waals surface area contributed by atoms with Gasteiger partial charge in [0.1, 0.15) is 5.75 Å². The summed E-state index contributed by atoms with van der Waals surface area (Å²) in [4.78, 5) is 17.6. The third kappa shape index (κ3) is 4.53. The molecule has 2 atom stereocenters. The smallest absolute Gasteiger partial charge is 0.410 e. The summed E-state index contributed by atoms with van der Waals surface area (Å²) in [5, 5.41) is 2.85. The zero-order chi connectivity index (χ0) is 24.6. The Morgan fingerprint density at radius 2 is 1.83 bits per heavy atom. The van der Waals surface area contributed by atoms with Gasteiger partial charge in [0.15, 0.2) is 0 Å². The minimum atomic E-state index is -0.466. The van der Waals surface area contributed by atoms with Gasteiger partial charge >= 0.3 is 6.09 Å². The molecule has 3 aromatic rings. The van der Waals surface area contributed by atoms with Crippen molar-refractivity contribution in [2.24, 2.45) is 0 Å². The molecule has 5 heteroatoms. The molecule has 5 nitrogen and oxygen atoms in total. The number of benzene rings is 3. The summed E-state index contributed by atoms with van der Waals surface area (Å²) in [6.45, 7) is 8.75. The van der Waals surface area contributed by atoms with Crippen LogP contribution >= 0.6 is 0 Å². The summed E-state index contributed by atoms with van der Waals surface area (Å²) in [6, 6.07) is 24.7. The van der Waals surface area contributed by atoms with Crippen LogP contribution in [0.4, 0.5) is 16.2 Å². The molecule has 1 amide bonds. The van der Waals surface area contributed by atoms with Gasteiger partial charge in [0.2, 0.25) is 0 Å². The van der Waals surface area contributed by atoms with Crippen molar-refractivity contribution in [1.82, 2.24) is 4.90 Å². The van der Waals surface area contributed by atoms with Crippen LogP contribution in [-0.4, -0.2) is 37.3 Å². The topological polar surface area (TPSA) is 44.8 Å². The molecule has 0 bridgehead atoms. The van der Waals surface area contributed by atoms with Crippen molar-refractivity contribution < 1.29 is 9.53 Å². The van der Waals surface area contributed by atoms with Crippen molar-refractivity contribution in [2.75, 3.05) is 30.4 Å². The van der Waals surface area contributed by atoms with E-state index < -0.39 is 6.09 Å². The molecule has 2 aliphatic heterocycles. The van der Waals surface area contributed by atoms with Gasteiger partial charge in [-0.2, -0.15) is 0 Å². The van der Waals surface area contributed by atoms with E-state index in [-0.39, 0.29) is 5.41 Å². The number of nitrogens with one attached hydrogen (secondary N) is 1. The predicted molar refractivity (Wildman–Crippen MR) is 142 cm³/mol. The second kappa shape index (κ2) is 9.38. The number of ether oxygens (including phenoxy) is 1. The molecular formula is C30H35N3O2. The molecule has 182 valence electrons. The second-order valence-electron chi connectivity index (χ2n) is 10.4. The number of rotatable bonds is 6. The van der Waals surface area contributed by atoms with Gasteiger partial charge in [0, 0.05) is 36.9 Å². The second-order valence-corrected chi connectivity index (χ2v) is 10.4. The van der Waals surface area contributed by atoms with Crippen LogP contribution in [0.15, 0.2) is 72.8 Å². The summed E-state index contributed by atoms with van der Waals surface area (Å²) < 4.78 is 5.70. The monoisotopic (exact) mass is 469 g/mol. The first-order valence-corrected chi connectivity index (χ1v) is 12.6. The summed E-state index contributed by atoms with van der Waals surface area (Å²) in [7, 11) is 2.18. The van der Waals surface area contributed by atoms with Crippen LogP contribution in [0.5, 0.6) is 5.75 Å². The van der Waals surface area contributed by atoms with Crippen molar-refractivity contribution in [3.63, 3.8) is 0 Å². The summed E-state index contributed by atoms with van der Waals surface area (Å²) in [5.41, 5.74) is 5.84. The lowest BCUT2D eigenvalue weighted by molar-refractivity contribution is 0.215.